The van der Waals surface area contributed by atoms with Crippen LogP contribution in [0.2, 0.25) is 0 Å². The van der Waals surface area contributed by atoms with Gasteiger partial charge in [0.05, 0.1) is 0 Å². The minimum Gasteiger partial charge on any atom is -0.478 e. The molecule has 1 aliphatic carbocycles. The second kappa shape index (κ2) is 7.27. The lowest BCUT2D eigenvalue weighted by molar-refractivity contribution is -0.131. The van der Waals surface area contributed by atoms with Crippen molar-refractivity contribution in [1.29, 1.82) is 0 Å². The summed E-state index contributed by atoms with van der Waals surface area (Å²) in [6.45, 7) is 9.08. The van der Waals surface area contributed by atoms with Crippen molar-refractivity contribution >= 4 is 17.8 Å². The Morgan fingerprint density at radius 2 is 1.61 bits per heavy atom. The summed E-state index contributed by atoms with van der Waals surface area (Å²) in [5.41, 5.74) is 5.64. The van der Waals surface area contributed by atoms with E-state index in [0.29, 0.717) is 5.71 Å². The number of carboxylic acids is 1. The van der Waals surface area contributed by atoms with Crippen LogP contribution in [0.4, 0.5) is 0 Å². The number of rotatable bonds is 4. The molecule has 0 amide bonds. The van der Waals surface area contributed by atoms with E-state index in [4.69, 9.17) is 5.11 Å². The van der Waals surface area contributed by atoms with Gasteiger partial charge < -0.3 is 10.3 Å². The lowest BCUT2D eigenvalue weighted by Crippen LogP contribution is -2.34. The van der Waals surface area contributed by atoms with Gasteiger partial charge in [-0.1, -0.05) is 63.2 Å². The van der Waals surface area contributed by atoms with Crippen LogP contribution in [0.25, 0.3) is 6.08 Å². The van der Waals surface area contributed by atoms with E-state index < -0.39 is 5.97 Å². The molecule has 0 saturated carbocycles. The molecule has 28 heavy (non-hydrogen) atoms. The second-order valence-electron chi connectivity index (χ2n) is 8.77. The Kier molecular flexibility index (Phi) is 5.16. The molecule has 0 unspecified atom stereocenters. The Morgan fingerprint density at radius 3 is 2.25 bits per heavy atom. The summed E-state index contributed by atoms with van der Waals surface area (Å²) in [6, 6.07) is 13.6. The average molecular weight is 377 g/mol. The minimum atomic E-state index is -0.999. The quantitative estimate of drug-likeness (QED) is 0.326. The van der Waals surface area contributed by atoms with Gasteiger partial charge in [0.15, 0.2) is 0 Å². The molecule has 4 nitrogen and oxygen atoms in total. The van der Waals surface area contributed by atoms with Gasteiger partial charge in [-0.2, -0.15) is 0 Å². The van der Waals surface area contributed by atoms with Crippen molar-refractivity contribution in [3.63, 3.8) is 0 Å². The molecule has 0 saturated heterocycles. The number of carboxylic acid groups (broad SMARTS) is 1. The van der Waals surface area contributed by atoms with E-state index in [-0.39, 0.29) is 10.8 Å². The van der Waals surface area contributed by atoms with E-state index in [1.807, 2.05) is 30.3 Å². The van der Waals surface area contributed by atoms with E-state index in [9.17, 15) is 10.0 Å². The van der Waals surface area contributed by atoms with E-state index in [1.54, 1.807) is 0 Å². The first kappa shape index (κ1) is 19.9. The molecule has 0 radical (unpaired) electrons. The highest BCUT2D eigenvalue weighted by atomic mass is 16.4. The molecule has 0 fully saturated rings. The SMILES string of the molecule is CC1(C)CCC(C)(C)c2cc(/C(=N/O)c3cccc(/C=C/C(=O)O)c3)ccc21. The van der Waals surface area contributed by atoms with Crippen molar-refractivity contribution in [1.82, 2.24) is 0 Å². The highest BCUT2D eigenvalue weighted by Crippen LogP contribution is 2.46. The molecule has 0 aromatic heterocycles. The van der Waals surface area contributed by atoms with E-state index >= 15 is 0 Å². The first-order valence-corrected chi connectivity index (χ1v) is 9.53. The van der Waals surface area contributed by atoms with Crippen LogP contribution in [0, 0.1) is 0 Å². The number of benzene rings is 2. The molecule has 2 aromatic rings. The smallest absolute Gasteiger partial charge is 0.328 e. The Bertz CT molecular complexity index is 968. The number of hydrogen-bond donors (Lipinski definition) is 2. The van der Waals surface area contributed by atoms with Gasteiger partial charge in [-0.25, -0.2) is 4.79 Å². The summed E-state index contributed by atoms with van der Waals surface area (Å²) in [4.78, 5) is 10.8. The number of aliphatic carboxylic acids is 1. The van der Waals surface area contributed by atoms with Crippen molar-refractivity contribution < 1.29 is 15.1 Å². The van der Waals surface area contributed by atoms with Crippen LogP contribution in [0.5, 0.6) is 0 Å². The molecule has 2 aromatic carbocycles. The van der Waals surface area contributed by atoms with Crippen LogP contribution >= 0.6 is 0 Å². The monoisotopic (exact) mass is 377 g/mol. The third kappa shape index (κ3) is 3.86. The normalized spacial score (nSPS) is 18.1. The Morgan fingerprint density at radius 1 is 0.964 bits per heavy atom. The van der Waals surface area contributed by atoms with E-state index in [0.717, 1.165) is 35.6 Å². The molecule has 2 N–H and O–H groups in total. The summed E-state index contributed by atoms with van der Waals surface area (Å²) in [7, 11) is 0. The maximum atomic E-state index is 10.8. The molecule has 4 heteroatoms. The van der Waals surface area contributed by atoms with Crippen LogP contribution in [0.1, 0.15) is 68.4 Å². The molecular weight excluding hydrogens is 350 g/mol. The average Bonchev–Trinajstić information content (AvgIpc) is 2.65. The summed E-state index contributed by atoms with van der Waals surface area (Å²) >= 11 is 0. The maximum Gasteiger partial charge on any atom is 0.328 e. The van der Waals surface area contributed by atoms with Crippen LogP contribution in [0.15, 0.2) is 53.7 Å². The highest BCUT2D eigenvalue weighted by molar-refractivity contribution is 6.13. The van der Waals surface area contributed by atoms with Gasteiger partial charge in [-0.3, -0.25) is 0 Å². The summed E-state index contributed by atoms with van der Waals surface area (Å²) in [5.74, 6) is -0.999. The summed E-state index contributed by atoms with van der Waals surface area (Å²) in [5, 5.41) is 22.2. The Labute approximate surface area is 166 Å². The van der Waals surface area contributed by atoms with Crippen molar-refractivity contribution in [2.75, 3.05) is 0 Å². The van der Waals surface area contributed by atoms with Gasteiger partial charge in [-0.15, -0.1) is 0 Å². The third-order valence-corrected chi connectivity index (χ3v) is 5.80. The highest BCUT2D eigenvalue weighted by Gasteiger charge is 2.37. The van der Waals surface area contributed by atoms with Crippen molar-refractivity contribution in [3.05, 3.63) is 76.4 Å². The molecule has 146 valence electrons. The fourth-order valence-corrected chi connectivity index (χ4v) is 3.98. The molecule has 0 bridgehead atoms. The second-order valence-corrected chi connectivity index (χ2v) is 8.77. The third-order valence-electron chi connectivity index (χ3n) is 5.80. The first-order valence-electron chi connectivity index (χ1n) is 9.53. The molecule has 0 spiro atoms. The number of carbonyl (C=O) groups is 1. The van der Waals surface area contributed by atoms with Gasteiger partial charge in [0.2, 0.25) is 0 Å². The standard InChI is InChI=1S/C24H27NO3/c1-23(2)12-13-24(3,4)20-15-18(9-10-19(20)23)22(25-28)17-7-5-6-16(14-17)8-11-21(26)27/h5-11,14-15,28H,12-13H2,1-4H3,(H,26,27)/b11-8+,25-22+. The lowest BCUT2D eigenvalue weighted by Gasteiger charge is -2.42. The predicted molar refractivity (Wildman–Crippen MR) is 112 cm³/mol. The zero-order valence-electron chi connectivity index (χ0n) is 16.9. The van der Waals surface area contributed by atoms with Gasteiger partial charge in [-0.05, 0) is 58.6 Å². The first-order chi connectivity index (χ1) is 13.1. The summed E-state index contributed by atoms with van der Waals surface area (Å²) < 4.78 is 0. The summed E-state index contributed by atoms with van der Waals surface area (Å²) in [6.07, 6.45) is 4.88. The van der Waals surface area contributed by atoms with Crippen LogP contribution in [-0.2, 0) is 15.6 Å². The molecule has 0 atom stereocenters. The largest absolute Gasteiger partial charge is 0.478 e. The lowest BCUT2D eigenvalue weighted by atomic mass is 9.63. The van der Waals surface area contributed by atoms with Crippen molar-refractivity contribution in [2.24, 2.45) is 5.16 Å². The maximum absolute atomic E-state index is 10.8. The Balaban J connectivity index is 2.06. The Hall–Kier alpha value is -2.88. The van der Waals surface area contributed by atoms with Crippen LogP contribution < -0.4 is 0 Å². The van der Waals surface area contributed by atoms with E-state index in [1.165, 1.54) is 17.2 Å². The zero-order valence-corrected chi connectivity index (χ0v) is 16.9. The fourth-order valence-electron chi connectivity index (χ4n) is 3.98. The zero-order chi connectivity index (χ0) is 20.5. The molecule has 0 aliphatic heterocycles. The van der Waals surface area contributed by atoms with Gasteiger partial charge in [0, 0.05) is 17.2 Å². The minimum absolute atomic E-state index is 0.0630. The number of nitrogens with zero attached hydrogens (tertiary/aromatic N) is 1. The van der Waals surface area contributed by atoms with Crippen molar-refractivity contribution in [3.8, 4) is 0 Å². The van der Waals surface area contributed by atoms with Gasteiger partial charge in [0.1, 0.15) is 5.71 Å². The van der Waals surface area contributed by atoms with Gasteiger partial charge >= 0.3 is 5.97 Å². The topological polar surface area (TPSA) is 69.9 Å². The van der Waals surface area contributed by atoms with Crippen molar-refractivity contribution in [2.45, 2.75) is 51.4 Å². The van der Waals surface area contributed by atoms with E-state index in [2.05, 4.69) is 45.0 Å². The predicted octanol–water partition coefficient (Wildman–Crippen LogP) is 5.36. The van der Waals surface area contributed by atoms with Gasteiger partial charge in [0.25, 0.3) is 0 Å². The van der Waals surface area contributed by atoms with Crippen LogP contribution in [-0.4, -0.2) is 22.0 Å². The molecule has 3 rings (SSSR count). The number of hydrogen-bond acceptors (Lipinski definition) is 3. The molecule has 1 aliphatic rings. The number of fused-ring (bicyclic) bond motifs is 1. The van der Waals surface area contributed by atoms with Crippen LogP contribution in [0.3, 0.4) is 0 Å². The fraction of sp³-hybridized carbons (Fsp3) is 0.333. The number of oxime groups is 1. The molecular formula is C24H27NO3. The molecule has 0 heterocycles.